The van der Waals surface area contributed by atoms with Crippen LogP contribution in [-0.4, -0.2) is 29.7 Å². The van der Waals surface area contributed by atoms with Gasteiger partial charge in [0.25, 0.3) is 0 Å². The Bertz CT molecular complexity index is 608. The van der Waals surface area contributed by atoms with Gasteiger partial charge in [-0.05, 0) is 0 Å². The third-order valence-electron chi connectivity index (χ3n) is 2.02. The summed E-state index contributed by atoms with van der Waals surface area (Å²) >= 11 is 0. The summed E-state index contributed by atoms with van der Waals surface area (Å²) in [5, 5.41) is 4.07. The molecule has 0 spiro atoms. The zero-order valence-corrected chi connectivity index (χ0v) is 7.62. The minimum Gasteiger partial charge on any atom is -0.396 e. The molecule has 0 aliphatic heterocycles. The van der Waals surface area contributed by atoms with Crippen LogP contribution in [0.1, 0.15) is 0 Å². The SMILES string of the molecule is Nc1cnn(-c2ncnc3nc[nH]c23)c1. The van der Waals surface area contributed by atoms with Crippen LogP contribution in [0.25, 0.3) is 17.0 Å². The van der Waals surface area contributed by atoms with Crippen molar-refractivity contribution in [3.05, 3.63) is 25.0 Å². The highest BCUT2D eigenvalue weighted by Crippen LogP contribution is 2.14. The van der Waals surface area contributed by atoms with Gasteiger partial charge in [-0.15, -0.1) is 0 Å². The van der Waals surface area contributed by atoms with Crippen molar-refractivity contribution in [1.29, 1.82) is 0 Å². The van der Waals surface area contributed by atoms with Gasteiger partial charge in [0, 0.05) is 0 Å². The van der Waals surface area contributed by atoms with E-state index in [1.54, 1.807) is 23.4 Å². The maximum Gasteiger partial charge on any atom is 0.182 e. The molecule has 15 heavy (non-hydrogen) atoms. The molecule has 7 heteroatoms. The molecule has 3 heterocycles. The molecule has 3 N–H and O–H groups in total. The van der Waals surface area contributed by atoms with Crippen molar-refractivity contribution in [2.45, 2.75) is 0 Å². The molecule has 0 unspecified atom stereocenters. The monoisotopic (exact) mass is 201 g/mol. The van der Waals surface area contributed by atoms with Crippen molar-refractivity contribution < 1.29 is 0 Å². The summed E-state index contributed by atoms with van der Waals surface area (Å²) in [4.78, 5) is 15.1. The highest BCUT2D eigenvalue weighted by molar-refractivity contribution is 5.77. The van der Waals surface area contributed by atoms with E-state index >= 15 is 0 Å². The molecule has 0 atom stereocenters. The van der Waals surface area contributed by atoms with E-state index in [0.29, 0.717) is 17.2 Å². The van der Waals surface area contributed by atoms with Crippen LogP contribution in [0.15, 0.2) is 25.0 Å². The molecule has 0 amide bonds. The van der Waals surface area contributed by atoms with Crippen molar-refractivity contribution in [2.75, 3.05) is 5.73 Å². The standard InChI is InChI=1S/C8H7N7/c9-5-1-14-15(2-5)8-6-7(11-3-10-6)12-4-13-8/h1-4H,9H2,(H,10,11,12,13). The largest absolute Gasteiger partial charge is 0.396 e. The van der Waals surface area contributed by atoms with Crippen molar-refractivity contribution in [1.82, 2.24) is 29.7 Å². The van der Waals surface area contributed by atoms with E-state index in [0.717, 1.165) is 5.52 Å². The average Bonchev–Trinajstić information content (AvgIpc) is 2.84. The molecule has 0 radical (unpaired) electrons. The molecule has 74 valence electrons. The predicted molar refractivity (Wildman–Crippen MR) is 53.2 cm³/mol. The summed E-state index contributed by atoms with van der Waals surface area (Å²) in [5.41, 5.74) is 7.51. The average molecular weight is 201 g/mol. The van der Waals surface area contributed by atoms with Crippen LogP contribution >= 0.6 is 0 Å². The van der Waals surface area contributed by atoms with E-state index in [4.69, 9.17) is 5.73 Å². The fraction of sp³-hybridized carbons (Fsp3) is 0. The number of nitrogens with one attached hydrogen (secondary N) is 1. The Morgan fingerprint density at radius 2 is 2.20 bits per heavy atom. The topological polar surface area (TPSA) is 98.3 Å². The molecule has 0 aromatic carbocycles. The number of H-pyrrole nitrogens is 1. The van der Waals surface area contributed by atoms with Gasteiger partial charge < -0.3 is 10.7 Å². The third kappa shape index (κ3) is 1.13. The van der Waals surface area contributed by atoms with Crippen molar-refractivity contribution in [3.8, 4) is 5.82 Å². The van der Waals surface area contributed by atoms with Crippen LogP contribution in [0, 0.1) is 0 Å². The van der Waals surface area contributed by atoms with E-state index in [9.17, 15) is 0 Å². The summed E-state index contributed by atoms with van der Waals surface area (Å²) in [7, 11) is 0. The van der Waals surface area contributed by atoms with Crippen molar-refractivity contribution in [2.24, 2.45) is 0 Å². The highest BCUT2D eigenvalue weighted by atomic mass is 15.3. The minimum absolute atomic E-state index is 0.585. The highest BCUT2D eigenvalue weighted by Gasteiger charge is 2.08. The van der Waals surface area contributed by atoms with Crippen LogP contribution in [0.2, 0.25) is 0 Å². The van der Waals surface area contributed by atoms with Gasteiger partial charge in [0.1, 0.15) is 11.8 Å². The number of imidazole rings is 1. The Labute approximate surface area is 84.0 Å². The van der Waals surface area contributed by atoms with Gasteiger partial charge in [-0.1, -0.05) is 0 Å². The second kappa shape index (κ2) is 2.77. The van der Waals surface area contributed by atoms with E-state index in [2.05, 4.69) is 25.0 Å². The van der Waals surface area contributed by atoms with Crippen molar-refractivity contribution in [3.63, 3.8) is 0 Å². The summed E-state index contributed by atoms with van der Waals surface area (Å²) in [6.07, 6.45) is 6.25. The van der Waals surface area contributed by atoms with Crippen LogP contribution in [-0.2, 0) is 0 Å². The molecule has 3 aromatic heterocycles. The maximum absolute atomic E-state index is 5.58. The number of hydrogen-bond donors (Lipinski definition) is 2. The lowest BCUT2D eigenvalue weighted by atomic mass is 10.5. The van der Waals surface area contributed by atoms with E-state index < -0.39 is 0 Å². The first-order valence-electron chi connectivity index (χ1n) is 4.29. The third-order valence-corrected chi connectivity index (χ3v) is 2.02. The number of nitrogens with zero attached hydrogens (tertiary/aromatic N) is 5. The quantitative estimate of drug-likeness (QED) is 0.582. The Hall–Kier alpha value is -2.44. The second-order valence-corrected chi connectivity index (χ2v) is 3.02. The normalized spacial score (nSPS) is 10.9. The Kier molecular flexibility index (Phi) is 1.46. The van der Waals surface area contributed by atoms with Crippen LogP contribution in [0.3, 0.4) is 0 Å². The number of aromatic amines is 1. The molecular weight excluding hydrogens is 194 g/mol. The van der Waals surface area contributed by atoms with Gasteiger partial charge in [0.05, 0.1) is 24.4 Å². The van der Waals surface area contributed by atoms with Gasteiger partial charge in [-0.3, -0.25) is 0 Å². The number of hydrogen-bond acceptors (Lipinski definition) is 5. The fourth-order valence-electron chi connectivity index (χ4n) is 1.38. The molecule has 0 aliphatic rings. The summed E-state index contributed by atoms with van der Waals surface area (Å²) in [6.45, 7) is 0. The van der Waals surface area contributed by atoms with E-state index in [-0.39, 0.29) is 0 Å². The lowest BCUT2D eigenvalue weighted by Crippen LogP contribution is -1.99. The lowest BCUT2D eigenvalue weighted by Gasteiger charge is -1.99. The molecule has 0 saturated heterocycles. The number of rotatable bonds is 1. The first kappa shape index (κ1) is 7.92. The molecule has 0 bridgehead atoms. The van der Waals surface area contributed by atoms with E-state index in [1.807, 2.05) is 0 Å². The number of nitrogens with two attached hydrogens (primary N) is 1. The lowest BCUT2D eigenvalue weighted by molar-refractivity contribution is 0.848. The smallest absolute Gasteiger partial charge is 0.182 e. The van der Waals surface area contributed by atoms with Crippen LogP contribution < -0.4 is 5.73 Å². The molecule has 0 fully saturated rings. The molecule has 3 rings (SSSR count). The summed E-state index contributed by atoms with van der Waals surface area (Å²) < 4.78 is 1.58. The number of fused-ring (bicyclic) bond motifs is 1. The minimum atomic E-state index is 0.585. The van der Waals surface area contributed by atoms with Crippen LogP contribution in [0.4, 0.5) is 5.69 Å². The first-order chi connectivity index (χ1) is 7.34. The summed E-state index contributed by atoms with van der Waals surface area (Å²) in [5.74, 6) is 0.634. The van der Waals surface area contributed by atoms with Crippen molar-refractivity contribution >= 4 is 16.9 Å². The van der Waals surface area contributed by atoms with Gasteiger partial charge in [0.2, 0.25) is 0 Å². The second-order valence-electron chi connectivity index (χ2n) is 3.02. The van der Waals surface area contributed by atoms with Gasteiger partial charge in [0.15, 0.2) is 11.5 Å². The Morgan fingerprint density at radius 3 is 3.00 bits per heavy atom. The van der Waals surface area contributed by atoms with E-state index in [1.165, 1.54) is 6.33 Å². The molecule has 0 saturated carbocycles. The zero-order valence-electron chi connectivity index (χ0n) is 7.62. The van der Waals surface area contributed by atoms with Crippen LogP contribution in [0.5, 0.6) is 0 Å². The molecule has 3 aromatic rings. The van der Waals surface area contributed by atoms with Gasteiger partial charge in [-0.25, -0.2) is 19.6 Å². The number of anilines is 1. The predicted octanol–water partition coefficient (Wildman–Crippen LogP) is 0.121. The molecular formula is C8H7N7. The van der Waals surface area contributed by atoms with Gasteiger partial charge in [-0.2, -0.15) is 5.10 Å². The summed E-state index contributed by atoms with van der Waals surface area (Å²) in [6, 6.07) is 0. The molecule has 0 aliphatic carbocycles. The zero-order chi connectivity index (χ0) is 10.3. The first-order valence-corrected chi connectivity index (χ1v) is 4.29. The Balaban J connectivity index is 2.30. The maximum atomic E-state index is 5.58. The molecule has 7 nitrogen and oxygen atoms in total. The van der Waals surface area contributed by atoms with Gasteiger partial charge >= 0.3 is 0 Å². The number of aromatic nitrogens is 6. The number of nitrogen functional groups attached to an aromatic ring is 1. The Morgan fingerprint density at radius 1 is 1.27 bits per heavy atom. The fourth-order valence-corrected chi connectivity index (χ4v) is 1.38.